The lowest BCUT2D eigenvalue weighted by atomic mass is 10.2. The maximum absolute atomic E-state index is 12.0. The third-order valence-electron chi connectivity index (χ3n) is 3.11. The van der Waals surface area contributed by atoms with Crippen molar-refractivity contribution in [3.8, 4) is 0 Å². The molecule has 0 bridgehead atoms. The van der Waals surface area contributed by atoms with E-state index in [2.05, 4.69) is 9.72 Å². The van der Waals surface area contributed by atoms with Gasteiger partial charge in [0.2, 0.25) is 5.01 Å². The number of anilines is 1. The SMILES string of the molecule is COC(=O)c1nc(N2CCN(C(=O)OC(C)(C)C)CC2)cs1. The third kappa shape index (κ3) is 4.09. The van der Waals surface area contributed by atoms with Gasteiger partial charge in [-0.3, -0.25) is 0 Å². The van der Waals surface area contributed by atoms with Crippen LogP contribution < -0.4 is 4.90 Å². The first-order chi connectivity index (χ1) is 10.3. The number of ether oxygens (including phenoxy) is 2. The largest absolute Gasteiger partial charge is 0.464 e. The van der Waals surface area contributed by atoms with E-state index in [0.29, 0.717) is 31.2 Å². The lowest BCUT2D eigenvalue weighted by Crippen LogP contribution is -2.50. The molecule has 0 spiro atoms. The second-order valence-corrected chi connectivity index (χ2v) is 6.81. The Balaban J connectivity index is 1.91. The summed E-state index contributed by atoms with van der Waals surface area (Å²) in [5.41, 5.74) is -0.488. The molecule has 0 saturated carbocycles. The van der Waals surface area contributed by atoms with Crippen molar-refractivity contribution in [3.05, 3.63) is 10.4 Å². The molecule has 0 atom stereocenters. The number of nitrogens with zero attached hydrogens (tertiary/aromatic N) is 3. The van der Waals surface area contributed by atoms with Gasteiger partial charge >= 0.3 is 12.1 Å². The van der Waals surface area contributed by atoms with Gasteiger partial charge in [-0.25, -0.2) is 14.6 Å². The summed E-state index contributed by atoms with van der Waals surface area (Å²) in [6, 6.07) is 0. The minimum atomic E-state index is -0.488. The van der Waals surface area contributed by atoms with E-state index in [1.54, 1.807) is 4.90 Å². The number of carbonyl (C=O) groups excluding carboxylic acids is 2. The first-order valence-corrected chi connectivity index (χ1v) is 7.95. The van der Waals surface area contributed by atoms with Crippen molar-refractivity contribution < 1.29 is 19.1 Å². The van der Waals surface area contributed by atoms with Crippen molar-refractivity contribution in [1.82, 2.24) is 9.88 Å². The molecule has 8 heteroatoms. The normalized spacial score (nSPS) is 15.6. The second-order valence-electron chi connectivity index (χ2n) is 5.96. The molecule has 0 radical (unpaired) electrons. The van der Waals surface area contributed by atoms with Crippen LogP contribution >= 0.6 is 11.3 Å². The van der Waals surface area contributed by atoms with Crippen LogP contribution in [0.4, 0.5) is 10.6 Å². The number of methoxy groups -OCH3 is 1. The Morgan fingerprint density at radius 3 is 2.41 bits per heavy atom. The van der Waals surface area contributed by atoms with E-state index in [1.807, 2.05) is 31.1 Å². The highest BCUT2D eigenvalue weighted by Crippen LogP contribution is 2.21. The molecule has 1 aromatic rings. The van der Waals surface area contributed by atoms with Gasteiger partial charge in [-0.15, -0.1) is 11.3 Å². The van der Waals surface area contributed by atoms with Crippen LogP contribution in [0.5, 0.6) is 0 Å². The van der Waals surface area contributed by atoms with Crippen molar-refractivity contribution in [2.75, 3.05) is 38.2 Å². The first kappa shape index (κ1) is 16.5. The van der Waals surface area contributed by atoms with Crippen LogP contribution in [0.15, 0.2) is 5.38 Å². The second kappa shape index (κ2) is 6.51. The molecular weight excluding hydrogens is 306 g/mol. The van der Waals surface area contributed by atoms with Crippen LogP contribution in [0, 0.1) is 0 Å². The molecule has 1 fully saturated rings. The minimum absolute atomic E-state index is 0.291. The highest BCUT2D eigenvalue weighted by Gasteiger charge is 2.27. The lowest BCUT2D eigenvalue weighted by Gasteiger charge is -2.35. The van der Waals surface area contributed by atoms with Crippen molar-refractivity contribution >= 4 is 29.2 Å². The predicted molar refractivity (Wildman–Crippen MR) is 83.5 cm³/mol. The van der Waals surface area contributed by atoms with Gasteiger partial charge in [0.1, 0.15) is 11.4 Å². The van der Waals surface area contributed by atoms with Gasteiger partial charge in [0.05, 0.1) is 7.11 Å². The fourth-order valence-electron chi connectivity index (χ4n) is 2.04. The average molecular weight is 327 g/mol. The molecular formula is C14H21N3O4S. The summed E-state index contributed by atoms with van der Waals surface area (Å²) in [5, 5.41) is 2.17. The molecule has 0 unspecified atom stereocenters. The van der Waals surface area contributed by atoms with E-state index in [9.17, 15) is 9.59 Å². The van der Waals surface area contributed by atoms with Crippen LogP contribution in [0.25, 0.3) is 0 Å². The zero-order chi connectivity index (χ0) is 16.3. The van der Waals surface area contributed by atoms with E-state index in [4.69, 9.17) is 4.74 Å². The number of esters is 1. The summed E-state index contributed by atoms with van der Waals surface area (Å²) in [5.74, 6) is 0.317. The highest BCUT2D eigenvalue weighted by molar-refractivity contribution is 7.12. The maximum Gasteiger partial charge on any atom is 0.410 e. The number of hydrogen-bond donors (Lipinski definition) is 0. The average Bonchev–Trinajstić information content (AvgIpc) is 2.94. The molecule has 22 heavy (non-hydrogen) atoms. The fourth-order valence-corrected chi connectivity index (χ4v) is 2.78. The van der Waals surface area contributed by atoms with Crippen molar-refractivity contribution in [1.29, 1.82) is 0 Å². The number of amides is 1. The van der Waals surface area contributed by atoms with Crippen LogP contribution in [-0.4, -0.2) is 60.8 Å². The van der Waals surface area contributed by atoms with E-state index in [-0.39, 0.29) is 6.09 Å². The molecule has 0 aliphatic carbocycles. The molecule has 7 nitrogen and oxygen atoms in total. The number of rotatable bonds is 2. The summed E-state index contributed by atoms with van der Waals surface area (Å²) in [7, 11) is 1.34. The third-order valence-corrected chi connectivity index (χ3v) is 3.92. The first-order valence-electron chi connectivity index (χ1n) is 7.07. The molecule has 1 amide bonds. The zero-order valence-electron chi connectivity index (χ0n) is 13.3. The Bertz CT molecular complexity index is 545. The van der Waals surface area contributed by atoms with Crippen LogP contribution in [0.3, 0.4) is 0 Å². The van der Waals surface area contributed by atoms with E-state index in [0.717, 1.165) is 5.82 Å². The standard InChI is InChI=1S/C14H21N3O4S/c1-14(2,3)21-13(19)17-7-5-16(6-8-17)10-9-22-11(15-10)12(18)20-4/h9H,5-8H2,1-4H3. The predicted octanol–water partition coefficient (Wildman–Crippen LogP) is 1.99. The van der Waals surface area contributed by atoms with Crippen LogP contribution in [-0.2, 0) is 9.47 Å². The summed E-state index contributed by atoms with van der Waals surface area (Å²) in [6.45, 7) is 8.01. The van der Waals surface area contributed by atoms with E-state index >= 15 is 0 Å². The van der Waals surface area contributed by atoms with E-state index in [1.165, 1.54) is 18.4 Å². The van der Waals surface area contributed by atoms with Gasteiger partial charge in [-0.1, -0.05) is 0 Å². The lowest BCUT2D eigenvalue weighted by molar-refractivity contribution is 0.0240. The fraction of sp³-hybridized carbons (Fsp3) is 0.643. The maximum atomic E-state index is 12.0. The molecule has 0 aromatic carbocycles. The Kier molecular flexibility index (Phi) is 4.90. The molecule has 2 heterocycles. The molecule has 1 saturated heterocycles. The molecule has 2 rings (SSSR count). The monoisotopic (exact) mass is 327 g/mol. The molecule has 122 valence electrons. The van der Waals surface area contributed by atoms with Gasteiger partial charge in [0, 0.05) is 31.6 Å². The molecule has 0 N–H and O–H groups in total. The number of hydrogen-bond acceptors (Lipinski definition) is 7. The van der Waals surface area contributed by atoms with Gasteiger partial charge in [0.15, 0.2) is 0 Å². The van der Waals surface area contributed by atoms with Gasteiger partial charge in [-0.2, -0.15) is 0 Å². The number of aromatic nitrogens is 1. The Morgan fingerprint density at radius 2 is 1.86 bits per heavy atom. The van der Waals surface area contributed by atoms with Gasteiger partial charge < -0.3 is 19.3 Å². The summed E-state index contributed by atoms with van der Waals surface area (Å²) in [4.78, 5) is 31.4. The quantitative estimate of drug-likeness (QED) is 0.774. The Labute approximate surface area is 133 Å². The van der Waals surface area contributed by atoms with Crippen molar-refractivity contribution in [2.45, 2.75) is 26.4 Å². The van der Waals surface area contributed by atoms with Gasteiger partial charge in [-0.05, 0) is 20.8 Å². The molecule has 1 aromatic heterocycles. The zero-order valence-corrected chi connectivity index (χ0v) is 14.1. The smallest absolute Gasteiger partial charge is 0.410 e. The number of thiazole rings is 1. The Hall–Kier alpha value is -1.83. The Morgan fingerprint density at radius 1 is 1.23 bits per heavy atom. The molecule has 1 aliphatic heterocycles. The van der Waals surface area contributed by atoms with Crippen LogP contribution in [0.2, 0.25) is 0 Å². The van der Waals surface area contributed by atoms with E-state index < -0.39 is 11.6 Å². The van der Waals surface area contributed by atoms with Crippen LogP contribution in [0.1, 0.15) is 30.6 Å². The summed E-state index contributed by atoms with van der Waals surface area (Å²) >= 11 is 1.26. The number of carbonyl (C=O) groups is 2. The van der Waals surface area contributed by atoms with Gasteiger partial charge in [0.25, 0.3) is 0 Å². The summed E-state index contributed by atoms with van der Waals surface area (Å²) in [6.07, 6.45) is -0.291. The minimum Gasteiger partial charge on any atom is -0.464 e. The molecule has 1 aliphatic rings. The number of piperazine rings is 1. The summed E-state index contributed by atoms with van der Waals surface area (Å²) < 4.78 is 10.0. The topological polar surface area (TPSA) is 72.0 Å². The van der Waals surface area contributed by atoms with Crippen molar-refractivity contribution in [3.63, 3.8) is 0 Å². The van der Waals surface area contributed by atoms with Crippen molar-refractivity contribution in [2.24, 2.45) is 0 Å². The highest BCUT2D eigenvalue weighted by atomic mass is 32.1.